The van der Waals surface area contributed by atoms with Gasteiger partial charge in [-0.3, -0.25) is 4.79 Å². The summed E-state index contributed by atoms with van der Waals surface area (Å²) in [5, 5.41) is 1.24. The summed E-state index contributed by atoms with van der Waals surface area (Å²) in [5.74, 6) is -23.4. The second-order valence-corrected chi connectivity index (χ2v) is 4.99. The second-order valence-electron chi connectivity index (χ2n) is 4.99. The van der Waals surface area contributed by atoms with E-state index in [9.17, 15) is 44.3 Å². The molecule has 1 aromatic carbocycles. The molecule has 0 spiro atoms. The summed E-state index contributed by atoms with van der Waals surface area (Å²) >= 11 is 0. The molecule has 24 heavy (non-hydrogen) atoms. The number of benzene rings is 1. The van der Waals surface area contributed by atoms with Gasteiger partial charge in [0, 0.05) is 5.69 Å². The fraction of sp³-hybridized carbons (Fsp3) is 0.462. The zero-order valence-corrected chi connectivity index (χ0v) is 12.0. The van der Waals surface area contributed by atoms with Gasteiger partial charge in [0.15, 0.2) is 0 Å². The summed E-state index contributed by atoms with van der Waals surface area (Å²) in [4.78, 5) is 11.2. The van der Waals surface area contributed by atoms with Gasteiger partial charge in [0.2, 0.25) is 0 Å². The minimum atomic E-state index is -7.11. The number of alkyl halides is 9. The third-order valence-corrected chi connectivity index (χ3v) is 3.06. The molecule has 0 aliphatic heterocycles. The summed E-state index contributed by atoms with van der Waals surface area (Å²) < 4.78 is 114. The average Bonchev–Trinajstić information content (AvgIpc) is 2.40. The van der Waals surface area contributed by atoms with Gasteiger partial charge in [-0.05, 0) is 25.5 Å². The molecule has 0 atom stereocenters. The number of carbonyl (C=O) groups excluding carboxylic acids is 1. The van der Waals surface area contributed by atoms with Crippen molar-refractivity contribution < 1.29 is 44.3 Å². The highest BCUT2D eigenvalue weighted by Crippen LogP contribution is 2.53. The van der Waals surface area contributed by atoms with E-state index in [1.807, 2.05) is 0 Å². The lowest BCUT2D eigenvalue weighted by molar-refractivity contribution is -0.388. The number of hydrogen-bond donors (Lipinski definition) is 1. The molecule has 0 bridgehead atoms. The van der Waals surface area contributed by atoms with Crippen molar-refractivity contribution in [2.45, 2.75) is 37.8 Å². The fourth-order valence-electron chi connectivity index (χ4n) is 1.67. The number of amides is 1. The summed E-state index contributed by atoms with van der Waals surface area (Å²) in [6.07, 6.45) is -6.97. The smallest absolute Gasteiger partial charge is 0.320 e. The quantitative estimate of drug-likeness (QED) is 0.768. The molecular weight excluding hydrogens is 357 g/mol. The predicted molar refractivity (Wildman–Crippen MR) is 65.4 cm³/mol. The van der Waals surface area contributed by atoms with Gasteiger partial charge < -0.3 is 5.32 Å². The van der Waals surface area contributed by atoms with Crippen LogP contribution in [0, 0.1) is 13.8 Å². The number of nitrogens with one attached hydrogen (secondary N) is 1. The predicted octanol–water partition coefficient (Wildman–Crippen LogP) is 4.71. The standard InChI is InChI=1S/C13H10F9NO/c1-6-3-4-8(7(2)5-6)23-9(24)10(14,15)11(16,17)12(18,19)13(20,21)22/h3-5H,1-2H3,(H,23,24). The van der Waals surface area contributed by atoms with Crippen LogP contribution in [0.4, 0.5) is 45.2 Å². The maximum absolute atomic E-state index is 13.4. The number of anilines is 1. The van der Waals surface area contributed by atoms with Crippen LogP contribution in [-0.4, -0.2) is 29.9 Å². The zero-order valence-electron chi connectivity index (χ0n) is 12.0. The van der Waals surface area contributed by atoms with E-state index in [2.05, 4.69) is 0 Å². The number of hydrogen-bond acceptors (Lipinski definition) is 1. The molecule has 0 unspecified atom stereocenters. The number of rotatable bonds is 4. The Morgan fingerprint density at radius 1 is 0.875 bits per heavy atom. The van der Waals surface area contributed by atoms with Crippen LogP contribution in [0.3, 0.4) is 0 Å². The van der Waals surface area contributed by atoms with Crippen molar-refractivity contribution in [1.29, 1.82) is 0 Å². The van der Waals surface area contributed by atoms with Gasteiger partial charge in [-0.25, -0.2) is 0 Å². The van der Waals surface area contributed by atoms with Gasteiger partial charge in [-0.1, -0.05) is 17.7 Å². The van der Waals surface area contributed by atoms with Gasteiger partial charge in [0.25, 0.3) is 0 Å². The first-order valence-corrected chi connectivity index (χ1v) is 6.14. The summed E-state index contributed by atoms with van der Waals surface area (Å²) in [6.45, 7) is 2.86. The van der Waals surface area contributed by atoms with E-state index in [-0.39, 0.29) is 5.56 Å². The Balaban J connectivity index is 3.20. The fourth-order valence-corrected chi connectivity index (χ4v) is 1.67. The van der Waals surface area contributed by atoms with Gasteiger partial charge in [-0.2, -0.15) is 39.5 Å². The molecule has 0 heterocycles. The molecule has 0 fully saturated rings. The lowest BCUT2D eigenvalue weighted by atomic mass is 10.0. The molecule has 1 aromatic rings. The number of aryl methyl sites for hydroxylation is 2. The van der Waals surface area contributed by atoms with E-state index in [1.54, 1.807) is 6.92 Å². The van der Waals surface area contributed by atoms with Crippen molar-refractivity contribution in [2.24, 2.45) is 0 Å². The first-order chi connectivity index (χ1) is 10.6. The lowest BCUT2D eigenvalue weighted by Gasteiger charge is -2.32. The molecule has 0 radical (unpaired) electrons. The van der Waals surface area contributed by atoms with Crippen LogP contribution in [0.2, 0.25) is 0 Å². The van der Waals surface area contributed by atoms with Gasteiger partial charge >= 0.3 is 29.9 Å². The Morgan fingerprint density at radius 3 is 1.79 bits per heavy atom. The first-order valence-electron chi connectivity index (χ1n) is 6.14. The average molecular weight is 367 g/mol. The SMILES string of the molecule is Cc1ccc(NC(=O)C(F)(F)C(F)(F)C(F)(F)C(F)(F)F)c(C)c1. The third kappa shape index (κ3) is 3.16. The maximum atomic E-state index is 13.4. The topological polar surface area (TPSA) is 29.1 Å². The molecule has 0 aliphatic carbocycles. The van der Waals surface area contributed by atoms with Crippen molar-refractivity contribution in [2.75, 3.05) is 5.32 Å². The van der Waals surface area contributed by atoms with Crippen LogP contribution in [0.1, 0.15) is 11.1 Å². The van der Waals surface area contributed by atoms with Crippen molar-refractivity contribution in [3.05, 3.63) is 29.3 Å². The highest BCUT2D eigenvalue weighted by molar-refractivity contribution is 5.97. The molecule has 0 aliphatic rings. The highest BCUT2D eigenvalue weighted by Gasteiger charge is 2.83. The van der Waals surface area contributed by atoms with Crippen LogP contribution in [0.5, 0.6) is 0 Å². The Morgan fingerprint density at radius 2 is 1.38 bits per heavy atom. The van der Waals surface area contributed by atoms with E-state index < -0.39 is 35.5 Å². The Kier molecular flexibility index (Phi) is 4.90. The molecule has 1 amide bonds. The minimum absolute atomic E-state index is 0.116. The number of halogens is 9. The summed E-state index contributed by atoms with van der Waals surface area (Å²) in [5.41, 5.74) is 0.285. The molecule has 1 rings (SSSR count). The van der Waals surface area contributed by atoms with Crippen LogP contribution < -0.4 is 5.32 Å². The van der Waals surface area contributed by atoms with E-state index in [1.165, 1.54) is 24.4 Å². The zero-order chi connectivity index (χ0) is 19.1. The molecule has 1 N–H and O–H groups in total. The molecule has 11 heteroatoms. The first kappa shape index (κ1) is 20.1. The lowest BCUT2D eigenvalue weighted by Crippen LogP contribution is -2.64. The van der Waals surface area contributed by atoms with Crippen molar-refractivity contribution >= 4 is 11.6 Å². The van der Waals surface area contributed by atoms with Gasteiger partial charge in [-0.15, -0.1) is 0 Å². The summed E-state index contributed by atoms with van der Waals surface area (Å²) in [6, 6.07) is 3.64. The van der Waals surface area contributed by atoms with Gasteiger partial charge in [0.1, 0.15) is 0 Å². The molecule has 2 nitrogen and oxygen atoms in total. The molecule has 0 saturated heterocycles. The molecule has 0 saturated carbocycles. The Labute approximate surface area is 129 Å². The van der Waals surface area contributed by atoms with E-state index in [0.717, 1.165) is 6.07 Å². The van der Waals surface area contributed by atoms with E-state index in [4.69, 9.17) is 0 Å². The maximum Gasteiger partial charge on any atom is 0.460 e. The normalized spacial score (nSPS) is 13.8. The van der Waals surface area contributed by atoms with Gasteiger partial charge in [0.05, 0.1) is 0 Å². The van der Waals surface area contributed by atoms with Crippen molar-refractivity contribution in [3.63, 3.8) is 0 Å². The largest absolute Gasteiger partial charge is 0.460 e. The number of carbonyl (C=O) groups is 1. The van der Waals surface area contributed by atoms with Crippen LogP contribution in [-0.2, 0) is 4.79 Å². The third-order valence-electron chi connectivity index (χ3n) is 3.06. The van der Waals surface area contributed by atoms with Crippen LogP contribution >= 0.6 is 0 Å². The minimum Gasteiger partial charge on any atom is -0.320 e. The Bertz CT molecular complexity index is 637. The van der Waals surface area contributed by atoms with Crippen molar-refractivity contribution in [1.82, 2.24) is 0 Å². The monoisotopic (exact) mass is 367 g/mol. The van der Waals surface area contributed by atoms with Crippen LogP contribution in [0.25, 0.3) is 0 Å². The van der Waals surface area contributed by atoms with E-state index >= 15 is 0 Å². The highest BCUT2D eigenvalue weighted by atomic mass is 19.4. The molecule has 0 aromatic heterocycles. The van der Waals surface area contributed by atoms with Crippen LogP contribution in [0.15, 0.2) is 18.2 Å². The molecule has 136 valence electrons. The summed E-state index contributed by atoms with van der Waals surface area (Å²) in [7, 11) is 0. The van der Waals surface area contributed by atoms with Crippen molar-refractivity contribution in [3.8, 4) is 0 Å². The van der Waals surface area contributed by atoms with E-state index in [0.29, 0.717) is 5.56 Å². The molecular formula is C13H10F9NO. The Hall–Kier alpha value is -1.94. The second kappa shape index (κ2) is 5.85.